The van der Waals surface area contributed by atoms with Crippen molar-refractivity contribution in [2.24, 2.45) is 0 Å². The maximum Gasteiger partial charge on any atom is 0.221 e. The predicted octanol–water partition coefficient (Wildman–Crippen LogP) is 0.895. The number of ether oxygens (including phenoxy) is 1. The molecule has 0 radical (unpaired) electrons. The number of hydrogen-bond donors (Lipinski definition) is 2. The van der Waals surface area contributed by atoms with E-state index in [-0.39, 0.29) is 11.8 Å². The highest BCUT2D eigenvalue weighted by Gasteiger charge is 2.04. The lowest BCUT2D eigenvalue weighted by atomic mass is 10.4. The van der Waals surface area contributed by atoms with Gasteiger partial charge in [0.05, 0.1) is 11.4 Å². The molecule has 2 rings (SSSR count). The van der Waals surface area contributed by atoms with Crippen LogP contribution in [0, 0.1) is 0 Å². The summed E-state index contributed by atoms with van der Waals surface area (Å²) in [5.74, 6) is -0.160. The first-order chi connectivity index (χ1) is 12.0. The average molecular weight is 344 g/mol. The number of pyridine rings is 2. The summed E-state index contributed by atoms with van der Waals surface area (Å²) in [5, 5.41) is 5.46. The molecule has 25 heavy (non-hydrogen) atoms. The number of amides is 2. The standard InChI is InChI=1S/C18H22N4O3/c1-15(23)19-17-3-7-21(8-4-17)11-13-25-14-12-22-9-5-18(6-10-22)20-16(2)24/h3-10H,11-14H2,1-2H3/p+2. The molecule has 2 N–H and O–H groups in total. The Morgan fingerprint density at radius 1 is 0.800 bits per heavy atom. The number of carbonyl (C=O) groups excluding carboxylic acids is 2. The summed E-state index contributed by atoms with van der Waals surface area (Å²) in [7, 11) is 0. The van der Waals surface area contributed by atoms with E-state index in [0.29, 0.717) is 13.2 Å². The van der Waals surface area contributed by atoms with E-state index < -0.39 is 0 Å². The first-order valence-electron chi connectivity index (χ1n) is 8.14. The number of rotatable bonds is 8. The minimum atomic E-state index is -0.0799. The third-order valence-electron chi connectivity index (χ3n) is 3.41. The number of aromatic nitrogens is 2. The van der Waals surface area contributed by atoms with Gasteiger partial charge in [0.15, 0.2) is 37.9 Å². The lowest BCUT2D eigenvalue weighted by molar-refractivity contribution is -0.705. The van der Waals surface area contributed by atoms with Gasteiger partial charge in [-0.1, -0.05) is 0 Å². The van der Waals surface area contributed by atoms with E-state index in [4.69, 9.17) is 4.74 Å². The van der Waals surface area contributed by atoms with Gasteiger partial charge in [-0.05, 0) is 0 Å². The van der Waals surface area contributed by atoms with Gasteiger partial charge in [0, 0.05) is 38.1 Å². The Bertz CT molecular complexity index is 638. The Labute approximate surface area is 147 Å². The van der Waals surface area contributed by atoms with E-state index in [1.807, 2.05) is 58.2 Å². The van der Waals surface area contributed by atoms with Crippen LogP contribution in [0.25, 0.3) is 0 Å². The topological polar surface area (TPSA) is 75.2 Å². The number of carbonyl (C=O) groups is 2. The predicted molar refractivity (Wildman–Crippen MR) is 92.7 cm³/mol. The van der Waals surface area contributed by atoms with Crippen molar-refractivity contribution in [3.05, 3.63) is 49.1 Å². The Morgan fingerprint density at radius 2 is 1.16 bits per heavy atom. The molecule has 0 unspecified atom stereocenters. The second kappa shape index (κ2) is 9.48. The minimum absolute atomic E-state index is 0.0799. The summed E-state index contributed by atoms with van der Waals surface area (Å²) in [6.07, 6.45) is 7.63. The van der Waals surface area contributed by atoms with Crippen molar-refractivity contribution in [3.63, 3.8) is 0 Å². The molecule has 0 atom stereocenters. The second-order valence-electron chi connectivity index (χ2n) is 5.62. The molecule has 0 fully saturated rings. The average Bonchev–Trinajstić information content (AvgIpc) is 2.56. The maximum absolute atomic E-state index is 11.0. The van der Waals surface area contributed by atoms with E-state index in [1.54, 1.807) is 0 Å². The third-order valence-corrected chi connectivity index (χ3v) is 3.41. The van der Waals surface area contributed by atoms with Crippen LogP contribution >= 0.6 is 0 Å². The fourth-order valence-electron chi connectivity index (χ4n) is 2.23. The molecule has 2 aromatic heterocycles. The van der Waals surface area contributed by atoms with E-state index >= 15 is 0 Å². The van der Waals surface area contributed by atoms with Gasteiger partial charge in [0.2, 0.25) is 11.8 Å². The second-order valence-corrected chi connectivity index (χ2v) is 5.62. The largest absolute Gasteiger partial charge is 0.368 e. The van der Waals surface area contributed by atoms with Crippen LogP contribution in [0.4, 0.5) is 11.4 Å². The van der Waals surface area contributed by atoms with Crippen LogP contribution in [0.2, 0.25) is 0 Å². The zero-order valence-electron chi connectivity index (χ0n) is 14.6. The van der Waals surface area contributed by atoms with Crippen LogP contribution in [-0.2, 0) is 27.4 Å². The van der Waals surface area contributed by atoms with Crippen molar-refractivity contribution in [1.82, 2.24) is 0 Å². The van der Waals surface area contributed by atoms with Crippen molar-refractivity contribution in [2.45, 2.75) is 26.9 Å². The van der Waals surface area contributed by atoms with Crippen molar-refractivity contribution >= 4 is 23.2 Å². The van der Waals surface area contributed by atoms with Gasteiger partial charge in [0.25, 0.3) is 0 Å². The van der Waals surface area contributed by atoms with E-state index in [2.05, 4.69) is 10.6 Å². The molecule has 0 saturated carbocycles. The molecule has 0 bridgehead atoms. The molecular weight excluding hydrogens is 320 g/mol. The zero-order chi connectivity index (χ0) is 18.1. The van der Waals surface area contributed by atoms with Gasteiger partial charge in [0.1, 0.15) is 13.2 Å². The van der Waals surface area contributed by atoms with Crippen LogP contribution in [0.15, 0.2) is 49.1 Å². The molecule has 0 spiro atoms. The summed E-state index contributed by atoms with van der Waals surface area (Å²) >= 11 is 0. The normalized spacial score (nSPS) is 10.3. The Balaban J connectivity index is 1.66. The molecule has 0 aromatic carbocycles. The van der Waals surface area contributed by atoms with Crippen LogP contribution in [0.3, 0.4) is 0 Å². The molecule has 7 heteroatoms. The summed E-state index contributed by atoms with van der Waals surface area (Å²) in [6.45, 7) is 5.67. The zero-order valence-corrected chi connectivity index (χ0v) is 14.6. The fourth-order valence-corrected chi connectivity index (χ4v) is 2.23. The van der Waals surface area contributed by atoms with Crippen molar-refractivity contribution in [2.75, 3.05) is 23.8 Å². The molecule has 0 aliphatic heterocycles. The van der Waals surface area contributed by atoms with Gasteiger partial charge in [-0.25, -0.2) is 9.13 Å². The Hall–Kier alpha value is -2.80. The monoisotopic (exact) mass is 344 g/mol. The van der Waals surface area contributed by atoms with Crippen LogP contribution in [0.1, 0.15) is 13.8 Å². The van der Waals surface area contributed by atoms with Crippen molar-refractivity contribution < 1.29 is 23.5 Å². The van der Waals surface area contributed by atoms with Crippen LogP contribution in [-0.4, -0.2) is 25.0 Å². The lowest BCUT2D eigenvalue weighted by Gasteiger charge is -2.03. The highest BCUT2D eigenvalue weighted by atomic mass is 16.5. The highest BCUT2D eigenvalue weighted by Crippen LogP contribution is 2.02. The van der Waals surface area contributed by atoms with Gasteiger partial charge < -0.3 is 15.4 Å². The summed E-state index contributed by atoms with van der Waals surface area (Å²) in [4.78, 5) is 21.9. The third kappa shape index (κ3) is 7.09. The summed E-state index contributed by atoms with van der Waals surface area (Å²) < 4.78 is 9.65. The summed E-state index contributed by atoms with van der Waals surface area (Å²) in [6, 6.07) is 7.42. The molecule has 0 aliphatic rings. The van der Waals surface area contributed by atoms with Crippen molar-refractivity contribution in [1.29, 1.82) is 0 Å². The lowest BCUT2D eigenvalue weighted by Crippen LogP contribution is -2.37. The maximum atomic E-state index is 11.0. The molecule has 0 saturated heterocycles. The van der Waals surface area contributed by atoms with Gasteiger partial charge in [-0.15, -0.1) is 0 Å². The Kier molecular flexibility index (Phi) is 7.03. The quantitative estimate of drug-likeness (QED) is 0.552. The van der Waals surface area contributed by atoms with E-state index in [1.165, 1.54) is 13.8 Å². The first-order valence-corrected chi connectivity index (χ1v) is 8.14. The van der Waals surface area contributed by atoms with Gasteiger partial charge >= 0.3 is 0 Å². The van der Waals surface area contributed by atoms with E-state index in [0.717, 1.165) is 24.5 Å². The van der Waals surface area contributed by atoms with Crippen LogP contribution < -0.4 is 19.8 Å². The van der Waals surface area contributed by atoms with Gasteiger partial charge in [-0.3, -0.25) is 9.59 Å². The summed E-state index contributed by atoms with van der Waals surface area (Å²) in [5.41, 5.74) is 1.56. The smallest absolute Gasteiger partial charge is 0.221 e. The molecule has 7 nitrogen and oxygen atoms in total. The molecular formula is C18H24N4O3+2. The molecule has 2 amide bonds. The molecule has 0 aliphatic carbocycles. The Morgan fingerprint density at radius 3 is 1.48 bits per heavy atom. The number of anilines is 2. The van der Waals surface area contributed by atoms with Crippen molar-refractivity contribution in [3.8, 4) is 0 Å². The highest BCUT2D eigenvalue weighted by molar-refractivity contribution is 5.88. The molecule has 132 valence electrons. The fraction of sp³-hybridized carbons (Fsp3) is 0.333. The number of nitrogens with one attached hydrogen (secondary N) is 2. The van der Waals surface area contributed by atoms with E-state index in [9.17, 15) is 9.59 Å². The molecule has 2 heterocycles. The number of hydrogen-bond acceptors (Lipinski definition) is 3. The SMILES string of the molecule is CC(=O)Nc1cc[n+](CCOCC[n+]2ccc(NC(C)=O)cc2)cc1. The molecule has 2 aromatic rings. The minimum Gasteiger partial charge on any atom is -0.368 e. The van der Waals surface area contributed by atoms with Crippen LogP contribution in [0.5, 0.6) is 0 Å². The number of nitrogens with zero attached hydrogens (tertiary/aromatic N) is 2. The first kappa shape index (κ1) is 18.5. The van der Waals surface area contributed by atoms with Gasteiger partial charge in [-0.2, -0.15) is 0 Å².